The first-order valence-corrected chi connectivity index (χ1v) is 5.26. The molecule has 90 valence electrons. The van der Waals surface area contributed by atoms with Crippen LogP contribution in [0.15, 0.2) is 22.6 Å². The van der Waals surface area contributed by atoms with Gasteiger partial charge in [-0.3, -0.25) is 0 Å². The second kappa shape index (κ2) is 5.11. The summed E-state index contributed by atoms with van der Waals surface area (Å²) in [7, 11) is 1.77. The van der Waals surface area contributed by atoms with Crippen LogP contribution in [0.5, 0.6) is 0 Å². The molecule has 0 aliphatic rings. The van der Waals surface area contributed by atoms with E-state index in [1.807, 2.05) is 0 Å². The highest BCUT2D eigenvalue weighted by atomic mass is 35.5. The number of halogens is 2. The van der Waals surface area contributed by atoms with E-state index < -0.39 is 5.82 Å². The van der Waals surface area contributed by atoms with Crippen molar-refractivity contribution >= 4 is 23.3 Å². The van der Waals surface area contributed by atoms with E-state index in [0.29, 0.717) is 18.1 Å². The largest absolute Gasteiger partial charge is 0.406 e. The van der Waals surface area contributed by atoms with E-state index in [0.717, 1.165) is 0 Å². The van der Waals surface area contributed by atoms with Crippen molar-refractivity contribution in [3.63, 3.8) is 0 Å². The minimum Gasteiger partial charge on any atom is -0.406 e. The predicted molar refractivity (Wildman–Crippen MR) is 61.8 cm³/mol. The molecule has 5 nitrogen and oxygen atoms in total. The summed E-state index contributed by atoms with van der Waals surface area (Å²) in [5.74, 6) is -0.0592. The van der Waals surface area contributed by atoms with Crippen molar-refractivity contribution in [1.29, 1.82) is 0 Å². The van der Waals surface area contributed by atoms with Crippen molar-refractivity contribution in [3.8, 4) is 0 Å². The van der Waals surface area contributed by atoms with Crippen LogP contribution in [0, 0.1) is 5.82 Å². The van der Waals surface area contributed by atoms with Gasteiger partial charge in [0, 0.05) is 5.69 Å². The van der Waals surface area contributed by atoms with E-state index in [9.17, 15) is 4.39 Å². The third-order valence-electron chi connectivity index (χ3n) is 1.97. The normalized spacial score (nSPS) is 10.5. The summed E-state index contributed by atoms with van der Waals surface area (Å²) < 4.78 is 18.4. The molecule has 1 heterocycles. The third kappa shape index (κ3) is 2.92. The highest BCUT2D eigenvalue weighted by Crippen LogP contribution is 2.21. The minimum atomic E-state index is -0.508. The number of nitrogens with zero attached hydrogens (tertiary/aromatic N) is 2. The fourth-order valence-corrected chi connectivity index (χ4v) is 1.34. The molecule has 0 fully saturated rings. The fourth-order valence-electron chi connectivity index (χ4n) is 1.22. The molecule has 2 aromatic rings. The number of aromatic nitrogens is 2. The summed E-state index contributed by atoms with van der Waals surface area (Å²) >= 11 is 5.57. The van der Waals surface area contributed by atoms with Crippen molar-refractivity contribution < 1.29 is 8.81 Å². The molecule has 0 amide bonds. The van der Waals surface area contributed by atoms with Crippen LogP contribution < -0.4 is 10.6 Å². The molecule has 1 aromatic carbocycles. The van der Waals surface area contributed by atoms with Crippen LogP contribution in [-0.2, 0) is 6.54 Å². The molecule has 0 saturated heterocycles. The summed E-state index contributed by atoms with van der Waals surface area (Å²) in [4.78, 5) is 0. The van der Waals surface area contributed by atoms with Crippen LogP contribution in [0.4, 0.5) is 16.1 Å². The quantitative estimate of drug-likeness (QED) is 0.879. The molecule has 2 N–H and O–H groups in total. The van der Waals surface area contributed by atoms with Gasteiger partial charge < -0.3 is 15.1 Å². The van der Waals surface area contributed by atoms with E-state index in [1.165, 1.54) is 12.1 Å². The van der Waals surface area contributed by atoms with Gasteiger partial charge in [-0.1, -0.05) is 16.7 Å². The van der Waals surface area contributed by atoms with Gasteiger partial charge in [-0.2, -0.15) is 0 Å². The Morgan fingerprint density at radius 3 is 2.94 bits per heavy atom. The second-order valence-corrected chi connectivity index (χ2v) is 3.69. The molecule has 0 spiro atoms. The van der Waals surface area contributed by atoms with E-state index >= 15 is 0 Å². The summed E-state index contributed by atoms with van der Waals surface area (Å²) in [6.45, 7) is 0.476. The van der Waals surface area contributed by atoms with Gasteiger partial charge in [0.1, 0.15) is 5.82 Å². The van der Waals surface area contributed by atoms with E-state index in [2.05, 4.69) is 20.8 Å². The Hall–Kier alpha value is -1.66. The zero-order valence-corrected chi connectivity index (χ0v) is 9.75. The van der Waals surface area contributed by atoms with Crippen molar-refractivity contribution in [2.24, 2.45) is 0 Å². The van der Waals surface area contributed by atoms with Gasteiger partial charge in [-0.05, 0) is 25.2 Å². The summed E-state index contributed by atoms with van der Waals surface area (Å²) in [5, 5.41) is 13.3. The highest BCUT2D eigenvalue weighted by Gasteiger charge is 2.06. The number of rotatable bonds is 4. The standard InChI is InChI=1S/C10H10ClFN4O/c1-13-5-9-15-16-10(17-9)14-6-2-3-7(11)8(12)4-6/h2-4,13H,5H2,1H3,(H,14,16). The van der Waals surface area contributed by atoms with Crippen LogP contribution in [-0.4, -0.2) is 17.2 Å². The molecular formula is C10H10ClFN4O. The van der Waals surface area contributed by atoms with Gasteiger partial charge in [0.25, 0.3) is 0 Å². The number of hydrogen-bond acceptors (Lipinski definition) is 5. The van der Waals surface area contributed by atoms with Crippen molar-refractivity contribution in [1.82, 2.24) is 15.5 Å². The number of nitrogens with one attached hydrogen (secondary N) is 2. The van der Waals surface area contributed by atoms with E-state index in [1.54, 1.807) is 13.1 Å². The Labute approximate surface area is 102 Å². The van der Waals surface area contributed by atoms with Gasteiger partial charge in [-0.25, -0.2) is 4.39 Å². The van der Waals surface area contributed by atoms with Gasteiger partial charge in [0.15, 0.2) is 0 Å². The molecule has 0 aliphatic carbocycles. The SMILES string of the molecule is CNCc1nnc(Nc2ccc(Cl)c(F)c2)o1. The fraction of sp³-hybridized carbons (Fsp3) is 0.200. The molecule has 0 atom stereocenters. The van der Waals surface area contributed by atoms with Gasteiger partial charge >= 0.3 is 6.01 Å². The third-order valence-corrected chi connectivity index (χ3v) is 2.27. The molecule has 17 heavy (non-hydrogen) atoms. The maximum Gasteiger partial charge on any atom is 0.320 e. The van der Waals surface area contributed by atoms with Crippen LogP contribution in [0.25, 0.3) is 0 Å². The Morgan fingerprint density at radius 1 is 1.41 bits per heavy atom. The van der Waals surface area contributed by atoms with Crippen molar-refractivity contribution in [2.75, 3.05) is 12.4 Å². The molecule has 0 aliphatic heterocycles. The summed E-state index contributed by atoms with van der Waals surface area (Å²) in [5.41, 5.74) is 0.492. The average molecular weight is 257 g/mol. The van der Waals surface area contributed by atoms with Crippen LogP contribution >= 0.6 is 11.6 Å². The Kier molecular flexibility index (Phi) is 3.55. The van der Waals surface area contributed by atoms with E-state index in [4.69, 9.17) is 16.0 Å². The molecule has 7 heteroatoms. The molecular weight excluding hydrogens is 247 g/mol. The molecule has 0 saturated carbocycles. The van der Waals surface area contributed by atoms with E-state index in [-0.39, 0.29) is 11.0 Å². The molecule has 1 aromatic heterocycles. The average Bonchev–Trinajstić information content (AvgIpc) is 2.72. The van der Waals surface area contributed by atoms with Gasteiger partial charge in [0.05, 0.1) is 11.6 Å². The number of benzene rings is 1. The lowest BCUT2D eigenvalue weighted by atomic mass is 10.3. The Balaban J connectivity index is 2.11. The minimum absolute atomic E-state index is 0.0666. The van der Waals surface area contributed by atoms with Gasteiger partial charge in [0.2, 0.25) is 5.89 Å². The maximum absolute atomic E-state index is 13.2. The first-order chi connectivity index (χ1) is 8.19. The first-order valence-electron chi connectivity index (χ1n) is 4.88. The number of hydrogen-bond donors (Lipinski definition) is 2. The van der Waals surface area contributed by atoms with Crippen molar-refractivity contribution in [3.05, 3.63) is 34.9 Å². The van der Waals surface area contributed by atoms with Gasteiger partial charge in [-0.15, -0.1) is 5.10 Å². The molecule has 2 rings (SSSR count). The molecule has 0 bridgehead atoms. The lowest BCUT2D eigenvalue weighted by molar-refractivity contribution is 0.493. The van der Waals surface area contributed by atoms with Crippen LogP contribution in [0.1, 0.15) is 5.89 Å². The highest BCUT2D eigenvalue weighted by molar-refractivity contribution is 6.30. The Morgan fingerprint density at radius 2 is 2.24 bits per heavy atom. The van der Waals surface area contributed by atoms with Crippen LogP contribution in [0.2, 0.25) is 5.02 Å². The molecule has 0 radical (unpaired) electrons. The topological polar surface area (TPSA) is 63.0 Å². The second-order valence-electron chi connectivity index (χ2n) is 3.29. The smallest absolute Gasteiger partial charge is 0.320 e. The lowest BCUT2D eigenvalue weighted by Gasteiger charge is -2.01. The lowest BCUT2D eigenvalue weighted by Crippen LogP contribution is -2.04. The summed E-state index contributed by atoms with van der Waals surface area (Å²) in [6, 6.07) is 4.53. The Bertz CT molecular complexity index is 517. The van der Waals surface area contributed by atoms with Crippen molar-refractivity contribution in [2.45, 2.75) is 6.54 Å². The molecule has 0 unspecified atom stereocenters. The summed E-state index contributed by atoms with van der Waals surface area (Å²) in [6.07, 6.45) is 0. The first kappa shape index (κ1) is 11.8. The zero-order valence-electron chi connectivity index (χ0n) is 9.00. The predicted octanol–water partition coefficient (Wildman–Crippen LogP) is 2.33. The zero-order chi connectivity index (χ0) is 12.3. The number of anilines is 2. The maximum atomic E-state index is 13.2. The monoisotopic (exact) mass is 256 g/mol. The van der Waals surface area contributed by atoms with Crippen LogP contribution in [0.3, 0.4) is 0 Å².